The highest BCUT2D eigenvalue weighted by Gasteiger charge is 2.15. The van der Waals surface area contributed by atoms with Gasteiger partial charge in [0.25, 0.3) is 0 Å². The highest BCUT2D eigenvalue weighted by atomic mass is 16.5. The number of likely N-dealkylation sites (N-methyl/N-ethyl adjacent to an activating group) is 1. The number of nitrogens with zero attached hydrogens (tertiary/aromatic N) is 4. The highest BCUT2D eigenvalue weighted by molar-refractivity contribution is 5.93. The molecule has 31 heavy (non-hydrogen) atoms. The molecule has 0 atom stereocenters. The largest absolute Gasteiger partial charge is 0.490 e. The van der Waals surface area contributed by atoms with Crippen molar-refractivity contribution in [2.24, 2.45) is 4.99 Å². The third-order valence-electron chi connectivity index (χ3n) is 5.41. The van der Waals surface area contributed by atoms with E-state index < -0.39 is 0 Å². The van der Waals surface area contributed by atoms with Crippen molar-refractivity contribution in [3.8, 4) is 11.5 Å². The van der Waals surface area contributed by atoms with E-state index in [9.17, 15) is 0 Å². The SMILES string of the molecule is CCNC(=NCc1ccc(N2CCN(C)CC2)nc1)Nc1ccc2c(c1)OCCCO2. The van der Waals surface area contributed by atoms with Crippen LogP contribution in [0.5, 0.6) is 11.5 Å². The second-order valence-electron chi connectivity index (χ2n) is 7.85. The third kappa shape index (κ3) is 5.79. The van der Waals surface area contributed by atoms with Crippen molar-refractivity contribution < 1.29 is 9.47 Å². The Labute approximate surface area is 184 Å². The number of anilines is 2. The minimum absolute atomic E-state index is 0.551. The van der Waals surface area contributed by atoms with Gasteiger partial charge in [-0.1, -0.05) is 6.07 Å². The predicted octanol–water partition coefficient (Wildman–Crippen LogP) is 2.57. The molecular weight excluding hydrogens is 392 g/mol. The first-order valence-electron chi connectivity index (χ1n) is 11.0. The van der Waals surface area contributed by atoms with E-state index in [4.69, 9.17) is 14.5 Å². The first-order chi connectivity index (χ1) is 15.2. The number of guanidine groups is 1. The predicted molar refractivity (Wildman–Crippen MR) is 124 cm³/mol. The molecule has 0 radical (unpaired) electrons. The van der Waals surface area contributed by atoms with Crippen LogP contribution in [0, 0.1) is 0 Å². The molecule has 1 aromatic heterocycles. The van der Waals surface area contributed by atoms with Crippen LogP contribution in [-0.4, -0.2) is 68.8 Å². The van der Waals surface area contributed by atoms with E-state index in [2.05, 4.69) is 51.5 Å². The molecule has 4 rings (SSSR count). The minimum Gasteiger partial charge on any atom is -0.490 e. The Kier molecular flexibility index (Phi) is 7.09. The molecule has 0 spiro atoms. The van der Waals surface area contributed by atoms with Crippen LogP contribution in [-0.2, 0) is 6.54 Å². The fourth-order valence-electron chi connectivity index (χ4n) is 3.59. The third-order valence-corrected chi connectivity index (χ3v) is 5.41. The summed E-state index contributed by atoms with van der Waals surface area (Å²) in [6, 6.07) is 10.1. The summed E-state index contributed by atoms with van der Waals surface area (Å²) in [6.07, 6.45) is 2.82. The number of ether oxygens (including phenoxy) is 2. The number of nitrogens with one attached hydrogen (secondary N) is 2. The van der Waals surface area contributed by atoms with E-state index in [-0.39, 0.29) is 0 Å². The number of benzene rings is 1. The summed E-state index contributed by atoms with van der Waals surface area (Å²) in [6.45, 7) is 8.92. The van der Waals surface area contributed by atoms with Crippen LogP contribution >= 0.6 is 0 Å². The molecule has 2 aliphatic rings. The molecule has 2 N–H and O–H groups in total. The Morgan fingerprint density at radius 3 is 2.61 bits per heavy atom. The molecule has 1 saturated heterocycles. The number of aliphatic imine (C=N–C) groups is 1. The van der Waals surface area contributed by atoms with E-state index in [1.807, 2.05) is 24.4 Å². The zero-order valence-corrected chi connectivity index (χ0v) is 18.4. The van der Waals surface area contributed by atoms with Crippen molar-refractivity contribution in [2.75, 3.05) is 63.2 Å². The van der Waals surface area contributed by atoms with Crippen molar-refractivity contribution in [3.63, 3.8) is 0 Å². The van der Waals surface area contributed by atoms with Gasteiger partial charge in [0.15, 0.2) is 17.5 Å². The Bertz CT molecular complexity index is 878. The fraction of sp³-hybridized carbons (Fsp3) is 0.478. The summed E-state index contributed by atoms with van der Waals surface area (Å²) in [4.78, 5) is 14.1. The van der Waals surface area contributed by atoms with E-state index in [0.29, 0.717) is 19.8 Å². The molecule has 2 aromatic rings. The van der Waals surface area contributed by atoms with Gasteiger partial charge in [-0.25, -0.2) is 9.98 Å². The Morgan fingerprint density at radius 2 is 1.87 bits per heavy atom. The molecule has 0 saturated carbocycles. The lowest BCUT2D eigenvalue weighted by molar-refractivity contribution is 0.297. The maximum Gasteiger partial charge on any atom is 0.196 e. The highest BCUT2D eigenvalue weighted by Crippen LogP contribution is 2.32. The summed E-state index contributed by atoms with van der Waals surface area (Å²) < 4.78 is 11.5. The van der Waals surface area contributed by atoms with Gasteiger partial charge in [0.05, 0.1) is 19.8 Å². The first kappa shape index (κ1) is 21.2. The van der Waals surface area contributed by atoms with Crippen molar-refractivity contribution >= 4 is 17.5 Å². The summed E-state index contributed by atoms with van der Waals surface area (Å²) in [7, 11) is 2.16. The Hall–Kier alpha value is -3.00. The lowest BCUT2D eigenvalue weighted by Gasteiger charge is -2.33. The van der Waals surface area contributed by atoms with Crippen LogP contribution in [0.25, 0.3) is 0 Å². The monoisotopic (exact) mass is 424 g/mol. The lowest BCUT2D eigenvalue weighted by atomic mass is 10.2. The molecular formula is C23H32N6O2. The van der Waals surface area contributed by atoms with Gasteiger partial charge in [-0.2, -0.15) is 0 Å². The number of piperazine rings is 1. The molecule has 8 nitrogen and oxygen atoms in total. The average molecular weight is 425 g/mol. The summed E-state index contributed by atoms with van der Waals surface area (Å²) in [5.41, 5.74) is 1.99. The van der Waals surface area contributed by atoms with Gasteiger partial charge in [0.1, 0.15) is 5.82 Å². The molecule has 3 heterocycles. The molecule has 0 aliphatic carbocycles. The van der Waals surface area contributed by atoms with Crippen LogP contribution in [0.15, 0.2) is 41.5 Å². The maximum atomic E-state index is 5.79. The topological polar surface area (TPSA) is 74.3 Å². The molecule has 0 amide bonds. The van der Waals surface area contributed by atoms with Gasteiger partial charge in [-0.3, -0.25) is 0 Å². The van der Waals surface area contributed by atoms with Gasteiger partial charge < -0.3 is 29.9 Å². The molecule has 1 aromatic carbocycles. The number of hydrogen-bond donors (Lipinski definition) is 2. The number of aromatic nitrogens is 1. The fourth-order valence-corrected chi connectivity index (χ4v) is 3.59. The summed E-state index contributed by atoms with van der Waals surface area (Å²) >= 11 is 0. The van der Waals surface area contributed by atoms with E-state index in [1.165, 1.54) is 0 Å². The van der Waals surface area contributed by atoms with Gasteiger partial charge in [-0.05, 0) is 37.7 Å². The van der Waals surface area contributed by atoms with Crippen molar-refractivity contribution in [1.29, 1.82) is 0 Å². The summed E-state index contributed by atoms with van der Waals surface area (Å²) in [5, 5.41) is 6.65. The maximum absolute atomic E-state index is 5.79. The van der Waals surface area contributed by atoms with Crippen LogP contribution in [0.2, 0.25) is 0 Å². The van der Waals surface area contributed by atoms with Gasteiger partial charge in [0, 0.05) is 57.1 Å². The van der Waals surface area contributed by atoms with Gasteiger partial charge in [0.2, 0.25) is 0 Å². The zero-order chi connectivity index (χ0) is 21.5. The Morgan fingerprint density at radius 1 is 1.06 bits per heavy atom. The second kappa shape index (κ2) is 10.3. The number of hydrogen-bond acceptors (Lipinski definition) is 6. The summed E-state index contributed by atoms with van der Waals surface area (Å²) in [5.74, 6) is 3.32. The lowest BCUT2D eigenvalue weighted by Crippen LogP contribution is -2.44. The molecule has 0 unspecified atom stereocenters. The molecule has 166 valence electrons. The molecule has 8 heteroatoms. The number of pyridine rings is 1. The van der Waals surface area contributed by atoms with Gasteiger partial charge >= 0.3 is 0 Å². The van der Waals surface area contributed by atoms with E-state index >= 15 is 0 Å². The smallest absolute Gasteiger partial charge is 0.196 e. The first-order valence-corrected chi connectivity index (χ1v) is 11.0. The number of fused-ring (bicyclic) bond motifs is 1. The Balaban J connectivity index is 1.39. The molecule has 2 aliphatic heterocycles. The van der Waals surface area contributed by atoms with Crippen LogP contribution in [0.4, 0.5) is 11.5 Å². The second-order valence-corrected chi connectivity index (χ2v) is 7.85. The van der Waals surface area contributed by atoms with Crippen LogP contribution in [0.3, 0.4) is 0 Å². The minimum atomic E-state index is 0.551. The normalized spacial score (nSPS) is 17.2. The average Bonchev–Trinajstić information content (AvgIpc) is 3.04. The van der Waals surface area contributed by atoms with Crippen molar-refractivity contribution in [2.45, 2.75) is 19.9 Å². The van der Waals surface area contributed by atoms with Crippen LogP contribution < -0.4 is 25.0 Å². The molecule has 1 fully saturated rings. The molecule has 0 bridgehead atoms. The standard InChI is InChI=1S/C23H32N6O2/c1-3-24-23(27-19-6-7-20-21(15-19)31-14-4-13-30-20)26-17-18-5-8-22(25-16-18)29-11-9-28(2)10-12-29/h5-8,15-16H,3-4,9-14,17H2,1-2H3,(H2,24,26,27). The van der Waals surface area contributed by atoms with E-state index in [0.717, 1.165) is 73.7 Å². The van der Waals surface area contributed by atoms with Crippen molar-refractivity contribution in [1.82, 2.24) is 15.2 Å². The quantitative estimate of drug-likeness (QED) is 0.564. The van der Waals surface area contributed by atoms with Crippen LogP contribution in [0.1, 0.15) is 18.9 Å². The van der Waals surface area contributed by atoms with E-state index in [1.54, 1.807) is 0 Å². The van der Waals surface area contributed by atoms with Crippen molar-refractivity contribution in [3.05, 3.63) is 42.1 Å². The number of rotatable bonds is 5. The zero-order valence-electron chi connectivity index (χ0n) is 18.4. The van der Waals surface area contributed by atoms with Gasteiger partial charge in [-0.15, -0.1) is 0 Å².